The Balaban J connectivity index is 2.33. The van der Waals surface area contributed by atoms with Gasteiger partial charge in [-0.3, -0.25) is 4.79 Å². The van der Waals surface area contributed by atoms with Gasteiger partial charge in [0.15, 0.2) is 5.78 Å². The molecule has 0 aliphatic heterocycles. The molecule has 1 aliphatic carbocycles. The van der Waals surface area contributed by atoms with Crippen LogP contribution < -0.4 is 5.73 Å². The minimum Gasteiger partial charge on any atom is -0.319 e. The molecule has 0 saturated heterocycles. The molecule has 1 aliphatic rings. The van der Waals surface area contributed by atoms with E-state index >= 15 is 0 Å². The predicted octanol–water partition coefficient (Wildman–Crippen LogP) is 1.81. The highest BCUT2D eigenvalue weighted by Crippen LogP contribution is 2.35. The normalized spacial score (nSPS) is 17.9. The van der Waals surface area contributed by atoms with Crippen LogP contribution in [0.25, 0.3) is 0 Å². The zero-order chi connectivity index (χ0) is 10.3. The van der Waals surface area contributed by atoms with Gasteiger partial charge in [-0.2, -0.15) is 0 Å². The van der Waals surface area contributed by atoms with Crippen molar-refractivity contribution in [1.82, 2.24) is 0 Å². The molecule has 1 aromatic rings. The lowest BCUT2D eigenvalue weighted by molar-refractivity contribution is 0.0949. The summed E-state index contributed by atoms with van der Waals surface area (Å²) in [6.45, 7) is 1.67. The molecule has 0 bridgehead atoms. The minimum absolute atomic E-state index is 0.142. The molecule has 0 amide bonds. The second-order valence-electron chi connectivity index (χ2n) is 3.95. The Morgan fingerprint density at radius 3 is 2.64 bits per heavy atom. The van der Waals surface area contributed by atoms with Crippen molar-refractivity contribution >= 4 is 5.78 Å². The van der Waals surface area contributed by atoms with Crippen LogP contribution in [0.4, 0.5) is 4.39 Å². The van der Waals surface area contributed by atoms with E-state index in [4.69, 9.17) is 5.73 Å². The Bertz CT molecular complexity index is 396. The fourth-order valence-electron chi connectivity index (χ4n) is 1.38. The van der Waals surface area contributed by atoms with E-state index < -0.39 is 5.54 Å². The second kappa shape index (κ2) is 2.89. The van der Waals surface area contributed by atoms with E-state index in [-0.39, 0.29) is 11.6 Å². The molecule has 0 heterocycles. The highest BCUT2D eigenvalue weighted by atomic mass is 19.1. The summed E-state index contributed by atoms with van der Waals surface area (Å²) in [5.74, 6) is -0.489. The summed E-state index contributed by atoms with van der Waals surface area (Å²) in [5, 5.41) is 0. The molecule has 74 valence electrons. The van der Waals surface area contributed by atoms with E-state index in [9.17, 15) is 9.18 Å². The monoisotopic (exact) mass is 193 g/mol. The van der Waals surface area contributed by atoms with Gasteiger partial charge >= 0.3 is 0 Å². The molecule has 2 rings (SSSR count). The first-order chi connectivity index (χ1) is 6.53. The lowest BCUT2D eigenvalue weighted by Crippen LogP contribution is -2.32. The molecule has 3 heteroatoms. The van der Waals surface area contributed by atoms with Crippen LogP contribution in [-0.4, -0.2) is 11.3 Å². The molecule has 0 atom stereocenters. The van der Waals surface area contributed by atoms with Crippen LogP contribution >= 0.6 is 0 Å². The van der Waals surface area contributed by atoms with E-state index in [0.29, 0.717) is 24.0 Å². The second-order valence-corrected chi connectivity index (χ2v) is 3.95. The quantitative estimate of drug-likeness (QED) is 0.728. The average molecular weight is 193 g/mol. The van der Waals surface area contributed by atoms with Gasteiger partial charge in [0.1, 0.15) is 5.82 Å². The van der Waals surface area contributed by atoms with Crippen molar-refractivity contribution in [2.24, 2.45) is 5.73 Å². The number of carbonyl (C=O) groups is 1. The number of ketones is 1. The Labute approximate surface area is 81.9 Å². The first-order valence-corrected chi connectivity index (χ1v) is 4.63. The summed E-state index contributed by atoms with van der Waals surface area (Å²) in [5.41, 5.74) is 5.96. The SMILES string of the molecule is Cc1ccc(C(=O)C2(N)CC2)cc1F. The van der Waals surface area contributed by atoms with E-state index in [1.807, 2.05) is 0 Å². The van der Waals surface area contributed by atoms with Gasteiger partial charge in [-0.15, -0.1) is 0 Å². The first kappa shape index (κ1) is 9.34. The third-order valence-electron chi connectivity index (χ3n) is 2.67. The van der Waals surface area contributed by atoms with E-state index in [1.54, 1.807) is 19.1 Å². The average Bonchev–Trinajstić information content (AvgIpc) is 2.89. The lowest BCUT2D eigenvalue weighted by Gasteiger charge is -2.07. The van der Waals surface area contributed by atoms with Crippen LogP contribution in [0.15, 0.2) is 18.2 Å². The Morgan fingerprint density at radius 1 is 1.50 bits per heavy atom. The van der Waals surface area contributed by atoms with Crippen LogP contribution in [0.1, 0.15) is 28.8 Å². The fraction of sp³-hybridized carbons (Fsp3) is 0.364. The van der Waals surface area contributed by atoms with E-state index in [0.717, 1.165) is 0 Å². The van der Waals surface area contributed by atoms with Gasteiger partial charge < -0.3 is 5.73 Å². The zero-order valence-electron chi connectivity index (χ0n) is 8.01. The molecule has 0 unspecified atom stereocenters. The summed E-state index contributed by atoms with van der Waals surface area (Å²) in [6, 6.07) is 4.51. The van der Waals surface area contributed by atoms with Crippen LogP contribution in [0.5, 0.6) is 0 Å². The molecule has 2 nitrogen and oxygen atoms in total. The topological polar surface area (TPSA) is 43.1 Å². The molecular formula is C11H12FNO. The standard InChI is InChI=1S/C11H12FNO/c1-7-2-3-8(6-9(7)12)10(14)11(13)4-5-11/h2-3,6H,4-5,13H2,1H3. The molecule has 0 spiro atoms. The maximum atomic E-state index is 13.2. The maximum Gasteiger partial charge on any atom is 0.182 e. The third kappa shape index (κ3) is 1.44. The summed E-state index contributed by atoms with van der Waals surface area (Å²) in [6.07, 6.45) is 1.42. The van der Waals surface area contributed by atoms with Crippen molar-refractivity contribution in [3.8, 4) is 0 Å². The van der Waals surface area contributed by atoms with Crippen molar-refractivity contribution in [1.29, 1.82) is 0 Å². The molecule has 2 N–H and O–H groups in total. The number of benzene rings is 1. The van der Waals surface area contributed by atoms with Crippen LogP contribution in [0.2, 0.25) is 0 Å². The smallest absolute Gasteiger partial charge is 0.182 e. The number of nitrogens with two attached hydrogens (primary N) is 1. The van der Waals surface area contributed by atoms with E-state index in [1.165, 1.54) is 6.07 Å². The fourth-order valence-corrected chi connectivity index (χ4v) is 1.38. The summed E-state index contributed by atoms with van der Waals surface area (Å²) in [4.78, 5) is 11.7. The van der Waals surface area contributed by atoms with Gasteiger partial charge in [-0.25, -0.2) is 4.39 Å². The van der Waals surface area contributed by atoms with Crippen LogP contribution in [-0.2, 0) is 0 Å². The molecular weight excluding hydrogens is 181 g/mol. The summed E-state index contributed by atoms with van der Waals surface area (Å²) >= 11 is 0. The Hall–Kier alpha value is -1.22. The number of hydrogen-bond acceptors (Lipinski definition) is 2. The highest BCUT2D eigenvalue weighted by molar-refractivity contribution is 6.05. The minimum atomic E-state index is -0.707. The van der Waals surface area contributed by atoms with Crippen molar-refractivity contribution in [3.63, 3.8) is 0 Å². The zero-order valence-corrected chi connectivity index (χ0v) is 8.01. The third-order valence-corrected chi connectivity index (χ3v) is 2.67. The molecule has 1 aromatic carbocycles. The maximum absolute atomic E-state index is 13.2. The van der Waals surface area contributed by atoms with Crippen molar-refractivity contribution in [3.05, 3.63) is 35.1 Å². The van der Waals surface area contributed by atoms with Crippen molar-refractivity contribution < 1.29 is 9.18 Å². The van der Waals surface area contributed by atoms with Gasteiger partial charge in [0.2, 0.25) is 0 Å². The summed E-state index contributed by atoms with van der Waals surface area (Å²) in [7, 11) is 0. The van der Waals surface area contributed by atoms with Crippen molar-refractivity contribution in [2.45, 2.75) is 25.3 Å². The molecule has 0 aromatic heterocycles. The summed E-state index contributed by atoms with van der Waals surface area (Å²) < 4.78 is 13.2. The molecule has 14 heavy (non-hydrogen) atoms. The molecule has 0 radical (unpaired) electrons. The lowest BCUT2D eigenvalue weighted by atomic mass is 10.0. The Kier molecular flexibility index (Phi) is 1.93. The Morgan fingerprint density at radius 2 is 2.14 bits per heavy atom. The molecule has 1 saturated carbocycles. The number of rotatable bonds is 2. The number of aryl methyl sites for hydroxylation is 1. The van der Waals surface area contributed by atoms with Crippen molar-refractivity contribution in [2.75, 3.05) is 0 Å². The van der Waals surface area contributed by atoms with Crippen LogP contribution in [0, 0.1) is 12.7 Å². The largest absolute Gasteiger partial charge is 0.319 e. The predicted molar refractivity (Wildman–Crippen MR) is 51.6 cm³/mol. The van der Waals surface area contributed by atoms with Gasteiger partial charge in [-0.05, 0) is 31.4 Å². The van der Waals surface area contributed by atoms with Gasteiger partial charge in [0.25, 0.3) is 0 Å². The van der Waals surface area contributed by atoms with E-state index in [2.05, 4.69) is 0 Å². The number of hydrogen-bond donors (Lipinski definition) is 1. The number of Topliss-reactive ketones (excluding diaryl/α,β-unsaturated/α-hetero) is 1. The highest BCUT2D eigenvalue weighted by Gasteiger charge is 2.46. The molecule has 1 fully saturated rings. The van der Waals surface area contributed by atoms with Crippen LogP contribution in [0.3, 0.4) is 0 Å². The van der Waals surface area contributed by atoms with Gasteiger partial charge in [0.05, 0.1) is 5.54 Å². The van der Waals surface area contributed by atoms with Gasteiger partial charge in [0, 0.05) is 5.56 Å². The number of halogens is 1. The number of carbonyl (C=O) groups excluding carboxylic acids is 1. The first-order valence-electron chi connectivity index (χ1n) is 4.63. The van der Waals surface area contributed by atoms with Gasteiger partial charge in [-0.1, -0.05) is 12.1 Å².